The predicted molar refractivity (Wildman–Crippen MR) is 69.7 cm³/mol. The highest BCUT2D eigenvalue weighted by molar-refractivity contribution is 5.90. The van der Waals surface area contributed by atoms with Crippen LogP contribution in [0.3, 0.4) is 0 Å². The van der Waals surface area contributed by atoms with Gasteiger partial charge in [-0.25, -0.2) is 0 Å². The molecule has 1 amide bonds. The summed E-state index contributed by atoms with van der Waals surface area (Å²) in [5.74, 6) is -0.0103. The molecule has 0 aromatic heterocycles. The maximum absolute atomic E-state index is 11.5. The number of aliphatic hydroxyl groups is 1. The van der Waals surface area contributed by atoms with E-state index < -0.39 is 6.10 Å². The molecule has 0 bridgehead atoms. The number of hydrogen-bond acceptors (Lipinski definition) is 2. The second kappa shape index (κ2) is 7.63. The third-order valence-electron chi connectivity index (χ3n) is 2.38. The van der Waals surface area contributed by atoms with Gasteiger partial charge in [-0.15, -0.1) is 0 Å². The van der Waals surface area contributed by atoms with Gasteiger partial charge in [-0.3, -0.25) is 4.79 Å². The van der Waals surface area contributed by atoms with Crippen molar-refractivity contribution in [1.82, 2.24) is 0 Å². The average Bonchev–Trinajstić information content (AvgIpc) is 2.30. The molecule has 0 saturated carbocycles. The molecule has 1 atom stereocenters. The Hall–Kier alpha value is -1.61. The Kier molecular flexibility index (Phi) is 6.04. The van der Waals surface area contributed by atoms with Crippen LogP contribution in [0.2, 0.25) is 0 Å². The standard InChI is InChI=1S/C14H19NO2/c1-2-7-13(16)10-6-11-14(17)15-12-8-4-3-5-9-12/h2-5,7-9,13,16H,6,10-11H2,1H3,(H,15,17)/b7-2+/t13-/m1/s1. The number of carbonyl (C=O) groups is 1. The van der Waals surface area contributed by atoms with Crippen LogP contribution in [0.5, 0.6) is 0 Å². The first kappa shape index (κ1) is 13.5. The van der Waals surface area contributed by atoms with Gasteiger partial charge < -0.3 is 10.4 Å². The molecule has 3 nitrogen and oxygen atoms in total. The van der Waals surface area contributed by atoms with Crippen LogP contribution in [-0.4, -0.2) is 17.1 Å². The highest BCUT2D eigenvalue weighted by Crippen LogP contribution is 2.08. The van der Waals surface area contributed by atoms with E-state index in [1.807, 2.05) is 43.3 Å². The zero-order valence-electron chi connectivity index (χ0n) is 10.1. The van der Waals surface area contributed by atoms with Crippen LogP contribution in [0.4, 0.5) is 5.69 Å². The van der Waals surface area contributed by atoms with Crippen molar-refractivity contribution < 1.29 is 9.90 Å². The molecule has 0 aliphatic heterocycles. The fraction of sp³-hybridized carbons (Fsp3) is 0.357. The van der Waals surface area contributed by atoms with Crippen molar-refractivity contribution in [1.29, 1.82) is 0 Å². The smallest absolute Gasteiger partial charge is 0.224 e. The molecule has 2 N–H and O–H groups in total. The lowest BCUT2D eigenvalue weighted by atomic mass is 10.1. The molecule has 0 heterocycles. The summed E-state index contributed by atoms with van der Waals surface area (Å²) in [6.45, 7) is 1.87. The summed E-state index contributed by atoms with van der Waals surface area (Å²) in [6.07, 6.45) is 4.84. The second-order valence-corrected chi connectivity index (χ2v) is 3.90. The van der Waals surface area contributed by atoms with Gasteiger partial charge in [-0.05, 0) is 31.9 Å². The summed E-state index contributed by atoms with van der Waals surface area (Å²) in [7, 11) is 0. The van der Waals surface area contributed by atoms with E-state index in [1.165, 1.54) is 0 Å². The molecule has 1 aromatic carbocycles. The van der Waals surface area contributed by atoms with E-state index in [1.54, 1.807) is 6.08 Å². The zero-order valence-corrected chi connectivity index (χ0v) is 10.1. The molecule has 17 heavy (non-hydrogen) atoms. The number of carbonyl (C=O) groups excluding carboxylic acids is 1. The summed E-state index contributed by atoms with van der Waals surface area (Å²) < 4.78 is 0. The molecular formula is C14H19NO2. The fourth-order valence-electron chi connectivity index (χ4n) is 1.54. The van der Waals surface area contributed by atoms with Gasteiger partial charge in [-0.1, -0.05) is 30.4 Å². The van der Waals surface area contributed by atoms with Gasteiger partial charge >= 0.3 is 0 Å². The van der Waals surface area contributed by atoms with E-state index in [-0.39, 0.29) is 5.91 Å². The first-order chi connectivity index (χ1) is 8.22. The molecular weight excluding hydrogens is 214 g/mol. The lowest BCUT2D eigenvalue weighted by Gasteiger charge is -2.06. The summed E-state index contributed by atoms with van der Waals surface area (Å²) in [5, 5.41) is 12.2. The molecule has 0 aliphatic carbocycles. The summed E-state index contributed by atoms with van der Waals surface area (Å²) in [4.78, 5) is 11.5. The first-order valence-electron chi connectivity index (χ1n) is 5.88. The Labute approximate surface area is 102 Å². The minimum Gasteiger partial charge on any atom is -0.389 e. The average molecular weight is 233 g/mol. The van der Waals surface area contributed by atoms with Gasteiger partial charge in [-0.2, -0.15) is 0 Å². The minimum atomic E-state index is -0.440. The van der Waals surface area contributed by atoms with E-state index in [0.717, 1.165) is 5.69 Å². The predicted octanol–water partition coefficient (Wildman–Crippen LogP) is 2.73. The number of anilines is 1. The van der Waals surface area contributed by atoms with Gasteiger partial charge in [0.05, 0.1) is 6.10 Å². The van der Waals surface area contributed by atoms with Gasteiger partial charge in [0, 0.05) is 12.1 Å². The molecule has 0 spiro atoms. The molecule has 1 aromatic rings. The summed E-state index contributed by atoms with van der Waals surface area (Å²) in [6, 6.07) is 9.37. The van der Waals surface area contributed by atoms with Crippen LogP contribution in [0, 0.1) is 0 Å². The van der Waals surface area contributed by atoms with Crippen molar-refractivity contribution >= 4 is 11.6 Å². The zero-order chi connectivity index (χ0) is 12.5. The van der Waals surface area contributed by atoms with Crippen molar-refractivity contribution in [2.75, 3.05) is 5.32 Å². The first-order valence-corrected chi connectivity index (χ1v) is 5.88. The normalized spacial score (nSPS) is 12.6. The van der Waals surface area contributed by atoms with Crippen molar-refractivity contribution in [2.45, 2.75) is 32.3 Å². The van der Waals surface area contributed by atoms with Crippen molar-refractivity contribution in [3.8, 4) is 0 Å². The monoisotopic (exact) mass is 233 g/mol. The SMILES string of the molecule is C/C=C/[C@@H](O)CCCC(=O)Nc1ccccc1. The Morgan fingerprint density at radius 3 is 2.76 bits per heavy atom. The number of benzene rings is 1. The van der Waals surface area contributed by atoms with Gasteiger partial charge in [0.1, 0.15) is 0 Å². The van der Waals surface area contributed by atoms with Crippen LogP contribution in [0.15, 0.2) is 42.5 Å². The number of rotatable bonds is 6. The number of hydrogen-bond donors (Lipinski definition) is 2. The Bertz CT molecular complexity index is 360. The minimum absolute atomic E-state index is 0.0103. The molecule has 92 valence electrons. The van der Waals surface area contributed by atoms with Crippen LogP contribution in [-0.2, 0) is 4.79 Å². The highest BCUT2D eigenvalue weighted by atomic mass is 16.3. The van der Waals surface area contributed by atoms with E-state index in [2.05, 4.69) is 5.32 Å². The Morgan fingerprint density at radius 1 is 1.41 bits per heavy atom. The lowest BCUT2D eigenvalue weighted by Crippen LogP contribution is -2.12. The highest BCUT2D eigenvalue weighted by Gasteiger charge is 2.04. The van der Waals surface area contributed by atoms with Crippen LogP contribution >= 0.6 is 0 Å². The van der Waals surface area contributed by atoms with E-state index in [0.29, 0.717) is 19.3 Å². The Balaban J connectivity index is 2.22. The number of allylic oxidation sites excluding steroid dienone is 1. The quantitative estimate of drug-likeness (QED) is 0.742. The Morgan fingerprint density at radius 2 is 2.12 bits per heavy atom. The molecule has 0 saturated heterocycles. The van der Waals surface area contributed by atoms with Crippen molar-refractivity contribution in [3.05, 3.63) is 42.5 Å². The van der Waals surface area contributed by atoms with E-state index in [9.17, 15) is 9.90 Å². The number of aliphatic hydroxyl groups excluding tert-OH is 1. The molecule has 0 radical (unpaired) electrons. The maximum Gasteiger partial charge on any atom is 0.224 e. The van der Waals surface area contributed by atoms with Crippen LogP contribution in [0.25, 0.3) is 0 Å². The van der Waals surface area contributed by atoms with Crippen molar-refractivity contribution in [3.63, 3.8) is 0 Å². The molecule has 0 unspecified atom stereocenters. The lowest BCUT2D eigenvalue weighted by molar-refractivity contribution is -0.116. The van der Waals surface area contributed by atoms with Crippen LogP contribution in [0.1, 0.15) is 26.2 Å². The van der Waals surface area contributed by atoms with E-state index in [4.69, 9.17) is 0 Å². The van der Waals surface area contributed by atoms with Gasteiger partial charge in [0.2, 0.25) is 5.91 Å². The third kappa shape index (κ3) is 5.88. The third-order valence-corrected chi connectivity index (χ3v) is 2.38. The summed E-state index contributed by atoms with van der Waals surface area (Å²) in [5.41, 5.74) is 0.812. The number of para-hydroxylation sites is 1. The topological polar surface area (TPSA) is 49.3 Å². The molecule has 1 rings (SSSR count). The molecule has 0 fully saturated rings. The van der Waals surface area contributed by atoms with Gasteiger partial charge in [0.15, 0.2) is 0 Å². The maximum atomic E-state index is 11.5. The number of nitrogens with one attached hydrogen (secondary N) is 1. The summed E-state index contributed by atoms with van der Waals surface area (Å²) >= 11 is 0. The molecule has 0 aliphatic rings. The van der Waals surface area contributed by atoms with Crippen LogP contribution < -0.4 is 5.32 Å². The largest absolute Gasteiger partial charge is 0.389 e. The van der Waals surface area contributed by atoms with Crippen molar-refractivity contribution in [2.24, 2.45) is 0 Å². The number of amides is 1. The van der Waals surface area contributed by atoms with E-state index >= 15 is 0 Å². The fourth-order valence-corrected chi connectivity index (χ4v) is 1.54. The van der Waals surface area contributed by atoms with Gasteiger partial charge in [0.25, 0.3) is 0 Å². The second-order valence-electron chi connectivity index (χ2n) is 3.90. The molecule has 3 heteroatoms.